The Morgan fingerprint density at radius 2 is 2.38 bits per heavy atom. The normalized spacial score (nSPS) is 15.5. The second-order valence-electron chi connectivity index (χ2n) is 3.43. The summed E-state index contributed by atoms with van der Waals surface area (Å²) in [5, 5.41) is 3.31. The predicted octanol–water partition coefficient (Wildman–Crippen LogP) is 1.07. The van der Waals surface area contributed by atoms with E-state index in [2.05, 4.69) is 22.2 Å². The fourth-order valence-electron chi connectivity index (χ4n) is 1.63. The third kappa shape index (κ3) is 1.86. The summed E-state index contributed by atoms with van der Waals surface area (Å²) in [6, 6.07) is 0. The summed E-state index contributed by atoms with van der Waals surface area (Å²) >= 11 is 0. The van der Waals surface area contributed by atoms with Gasteiger partial charge >= 0.3 is 0 Å². The van der Waals surface area contributed by atoms with Crippen LogP contribution in [0.1, 0.15) is 30.4 Å². The van der Waals surface area contributed by atoms with Crippen molar-refractivity contribution in [2.45, 2.75) is 32.7 Å². The van der Waals surface area contributed by atoms with Crippen LogP contribution in [0.2, 0.25) is 0 Å². The Bertz CT molecular complexity index is 296. The van der Waals surface area contributed by atoms with Gasteiger partial charge in [0, 0.05) is 25.7 Å². The van der Waals surface area contributed by atoms with Gasteiger partial charge in [-0.25, -0.2) is 0 Å². The summed E-state index contributed by atoms with van der Waals surface area (Å²) in [6.07, 6.45) is 5.13. The molecule has 1 aliphatic rings. The molecular weight excluding hydrogens is 162 g/mol. The fourth-order valence-corrected chi connectivity index (χ4v) is 1.63. The maximum absolute atomic E-state index is 4.58. The van der Waals surface area contributed by atoms with E-state index in [1.54, 1.807) is 0 Å². The van der Waals surface area contributed by atoms with Crippen LogP contribution in [0.5, 0.6) is 0 Å². The molecule has 0 amide bonds. The molecule has 1 aromatic rings. The van der Waals surface area contributed by atoms with Gasteiger partial charge in [-0.2, -0.15) is 0 Å². The minimum absolute atomic E-state index is 0.889. The maximum Gasteiger partial charge on any atom is 0.0760 e. The van der Waals surface area contributed by atoms with Crippen molar-refractivity contribution < 1.29 is 0 Å². The Morgan fingerprint density at radius 1 is 1.46 bits per heavy atom. The lowest BCUT2D eigenvalue weighted by atomic mass is 10.1. The highest BCUT2D eigenvalue weighted by Gasteiger charge is 2.11. The van der Waals surface area contributed by atoms with E-state index >= 15 is 0 Å². The molecule has 3 nitrogen and oxygen atoms in total. The largest absolute Gasteiger partial charge is 0.311 e. The predicted molar refractivity (Wildman–Crippen MR) is 51.4 cm³/mol. The van der Waals surface area contributed by atoms with Gasteiger partial charge in [0.25, 0.3) is 0 Å². The van der Waals surface area contributed by atoms with Gasteiger partial charge < -0.3 is 5.32 Å². The van der Waals surface area contributed by atoms with Crippen LogP contribution in [0.25, 0.3) is 0 Å². The van der Waals surface area contributed by atoms with Crippen LogP contribution < -0.4 is 5.32 Å². The Hall–Kier alpha value is -0.960. The highest BCUT2D eigenvalue weighted by atomic mass is 14.9. The van der Waals surface area contributed by atoms with E-state index < -0.39 is 0 Å². The van der Waals surface area contributed by atoms with Gasteiger partial charge in [0.15, 0.2) is 0 Å². The number of nitrogens with one attached hydrogen (secondary N) is 1. The second-order valence-corrected chi connectivity index (χ2v) is 3.43. The molecule has 0 aromatic carbocycles. The van der Waals surface area contributed by atoms with E-state index in [0.717, 1.165) is 43.7 Å². The van der Waals surface area contributed by atoms with Crippen molar-refractivity contribution in [1.29, 1.82) is 0 Å². The number of hydrogen-bond donors (Lipinski definition) is 1. The van der Waals surface area contributed by atoms with Crippen molar-refractivity contribution >= 4 is 0 Å². The van der Waals surface area contributed by atoms with E-state index in [9.17, 15) is 0 Å². The van der Waals surface area contributed by atoms with Crippen molar-refractivity contribution in [3.05, 3.63) is 23.3 Å². The first-order valence-electron chi connectivity index (χ1n) is 4.94. The van der Waals surface area contributed by atoms with Gasteiger partial charge in [0.2, 0.25) is 0 Å². The van der Waals surface area contributed by atoms with Crippen LogP contribution in [0.15, 0.2) is 6.20 Å². The van der Waals surface area contributed by atoms with Crippen molar-refractivity contribution in [2.24, 2.45) is 0 Å². The summed E-state index contributed by atoms with van der Waals surface area (Å²) < 4.78 is 0. The first-order valence-corrected chi connectivity index (χ1v) is 4.94. The summed E-state index contributed by atoms with van der Waals surface area (Å²) in [4.78, 5) is 9.01. The number of fused-ring (bicyclic) bond motifs is 1. The Labute approximate surface area is 78.6 Å². The molecule has 0 unspecified atom stereocenters. The summed E-state index contributed by atoms with van der Waals surface area (Å²) in [6.45, 7) is 4.09. The molecule has 0 bridgehead atoms. The monoisotopic (exact) mass is 177 g/mol. The maximum atomic E-state index is 4.58. The molecule has 1 aliphatic heterocycles. The van der Waals surface area contributed by atoms with Crippen LogP contribution in [-0.4, -0.2) is 16.5 Å². The zero-order valence-corrected chi connectivity index (χ0v) is 8.01. The summed E-state index contributed by atoms with van der Waals surface area (Å²) in [5.41, 5.74) is 3.46. The molecule has 0 saturated carbocycles. The molecule has 3 heteroatoms. The molecule has 0 aliphatic carbocycles. The molecular formula is C10H15N3. The van der Waals surface area contributed by atoms with Gasteiger partial charge in [-0.3, -0.25) is 9.97 Å². The van der Waals surface area contributed by atoms with E-state index in [-0.39, 0.29) is 0 Å². The highest BCUT2D eigenvalue weighted by Crippen LogP contribution is 2.09. The van der Waals surface area contributed by atoms with Gasteiger partial charge in [0.05, 0.1) is 17.1 Å². The fraction of sp³-hybridized carbons (Fsp3) is 0.600. The van der Waals surface area contributed by atoms with Crippen LogP contribution in [-0.2, 0) is 19.4 Å². The molecule has 0 radical (unpaired) electrons. The van der Waals surface area contributed by atoms with E-state index in [4.69, 9.17) is 0 Å². The molecule has 1 aromatic heterocycles. The number of rotatable bonds is 2. The van der Waals surface area contributed by atoms with Crippen molar-refractivity contribution in [3.8, 4) is 0 Å². The molecule has 0 fully saturated rings. The molecule has 2 rings (SSSR count). The first kappa shape index (κ1) is 8.63. The Kier molecular flexibility index (Phi) is 2.54. The average Bonchev–Trinajstić information content (AvgIpc) is 2.18. The number of hydrogen-bond acceptors (Lipinski definition) is 3. The van der Waals surface area contributed by atoms with E-state index in [1.807, 2.05) is 6.20 Å². The Morgan fingerprint density at radius 3 is 3.23 bits per heavy atom. The van der Waals surface area contributed by atoms with Crippen molar-refractivity contribution in [2.75, 3.05) is 6.54 Å². The number of aryl methyl sites for hydroxylation is 1. The van der Waals surface area contributed by atoms with Crippen molar-refractivity contribution in [3.63, 3.8) is 0 Å². The number of nitrogens with zero attached hydrogens (tertiary/aromatic N) is 2. The molecule has 13 heavy (non-hydrogen) atoms. The molecule has 70 valence electrons. The Balaban J connectivity index is 2.24. The zero-order chi connectivity index (χ0) is 9.10. The summed E-state index contributed by atoms with van der Waals surface area (Å²) in [7, 11) is 0. The van der Waals surface area contributed by atoms with Crippen LogP contribution in [0.3, 0.4) is 0 Å². The molecule has 0 spiro atoms. The standard InChI is InChI=1S/C10H15N3/c1-2-3-8-6-12-9-4-5-11-7-10(9)13-8/h6,11H,2-5,7H2,1H3. The molecule has 1 N–H and O–H groups in total. The lowest BCUT2D eigenvalue weighted by molar-refractivity contribution is 0.607. The van der Waals surface area contributed by atoms with Crippen LogP contribution in [0, 0.1) is 0 Å². The zero-order valence-electron chi connectivity index (χ0n) is 8.01. The third-order valence-corrected chi connectivity index (χ3v) is 2.32. The van der Waals surface area contributed by atoms with E-state index in [1.165, 1.54) is 5.69 Å². The van der Waals surface area contributed by atoms with Gasteiger partial charge in [0.1, 0.15) is 0 Å². The lowest BCUT2D eigenvalue weighted by Crippen LogP contribution is -2.26. The summed E-state index contributed by atoms with van der Waals surface area (Å²) in [5.74, 6) is 0. The van der Waals surface area contributed by atoms with Crippen LogP contribution >= 0.6 is 0 Å². The molecule has 0 atom stereocenters. The molecule has 0 saturated heterocycles. The van der Waals surface area contributed by atoms with Gasteiger partial charge in [-0.1, -0.05) is 13.3 Å². The quantitative estimate of drug-likeness (QED) is 0.734. The van der Waals surface area contributed by atoms with E-state index in [0.29, 0.717) is 0 Å². The average molecular weight is 177 g/mol. The topological polar surface area (TPSA) is 37.8 Å². The smallest absolute Gasteiger partial charge is 0.0760 e. The minimum Gasteiger partial charge on any atom is -0.311 e. The lowest BCUT2D eigenvalue weighted by Gasteiger charge is -2.15. The third-order valence-electron chi connectivity index (χ3n) is 2.32. The van der Waals surface area contributed by atoms with Gasteiger partial charge in [-0.15, -0.1) is 0 Å². The SMILES string of the molecule is CCCc1cnc2c(n1)CNCC2. The highest BCUT2D eigenvalue weighted by molar-refractivity contribution is 5.16. The first-order chi connectivity index (χ1) is 6.40. The van der Waals surface area contributed by atoms with Gasteiger partial charge in [-0.05, 0) is 6.42 Å². The van der Waals surface area contributed by atoms with Crippen molar-refractivity contribution in [1.82, 2.24) is 15.3 Å². The number of aromatic nitrogens is 2. The molecule has 2 heterocycles. The minimum atomic E-state index is 0.889. The van der Waals surface area contributed by atoms with Crippen LogP contribution in [0.4, 0.5) is 0 Å². The second kappa shape index (κ2) is 3.83.